The second kappa shape index (κ2) is 9.96. The zero-order chi connectivity index (χ0) is 19.4. The fourth-order valence-electron chi connectivity index (χ4n) is 3.09. The number of hydrogen-bond donors (Lipinski definition) is 2. The standard InChI is InChI=1S/C20H28BrN5O.HI/c1-20(2,3)17-11-23-18(27-17)12-24-19(22-4)25-14-9-10-26(13-14)16-8-6-5-7-15(16)21;/h5-8,11,14H,9-10,12-13H2,1-4H3,(H2,22,24,25);1H. The monoisotopic (exact) mass is 561 g/mol. The Balaban J connectivity index is 0.00000280. The van der Waals surface area contributed by atoms with Crippen LogP contribution in [0.25, 0.3) is 0 Å². The maximum absolute atomic E-state index is 5.83. The van der Waals surface area contributed by atoms with Gasteiger partial charge < -0.3 is 20.0 Å². The first kappa shape index (κ1) is 23.0. The highest BCUT2D eigenvalue weighted by molar-refractivity contribution is 14.0. The molecule has 154 valence electrons. The number of benzene rings is 1. The van der Waals surface area contributed by atoms with Gasteiger partial charge in [0, 0.05) is 36.1 Å². The summed E-state index contributed by atoms with van der Waals surface area (Å²) in [5.41, 5.74) is 1.20. The van der Waals surface area contributed by atoms with Gasteiger partial charge in [-0.1, -0.05) is 32.9 Å². The summed E-state index contributed by atoms with van der Waals surface area (Å²) < 4.78 is 6.96. The summed E-state index contributed by atoms with van der Waals surface area (Å²) >= 11 is 3.64. The lowest BCUT2D eigenvalue weighted by Gasteiger charge is -2.21. The Morgan fingerprint density at radius 2 is 2.11 bits per heavy atom. The highest BCUT2D eigenvalue weighted by Gasteiger charge is 2.25. The first-order chi connectivity index (χ1) is 12.9. The maximum Gasteiger partial charge on any atom is 0.213 e. The number of aliphatic imine (C=N–C) groups is 1. The van der Waals surface area contributed by atoms with Gasteiger partial charge in [-0.3, -0.25) is 4.99 Å². The number of anilines is 1. The Bertz CT molecular complexity index is 802. The zero-order valence-corrected chi connectivity index (χ0v) is 20.7. The average molecular weight is 562 g/mol. The number of oxazole rings is 1. The number of hydrogen-bond acceptors (Lipinski definition) is 4. The molecule has 1 aliphatic heterocycles. The van der Waals surface area contributed by atoms with Crippen LogP contribution >= 0.6 is 39.9 Å². The van der Waals surface area contributed by atoms with Crippen molar-refractivity contribution in [3.8, 4) is 0 Å². The van der Waals surface area contributed by atoms with Gasteiger partial charge in [-0.25, -0.2) is 4.98 Å². The first-order valence-corrected chi connectivity index (χ1v) is 10.1. The van der Waals surface area contributed by atoms with Gasteiger partial charge in [0.05, 0.1) is 18.4 Å². The topological polar surface area (TPSA) is 65.7 Å². The van der Waals surface area contributed by atoms with E-state index in [9.17, 15) is 0 Å². The number of rotatable bonds is 4. The van der Waals surface area contributed by atoms with E-state index < -0.39 is 0 Å². The average Bonchev–Trinajstić information content (AvgIpc) is 3.28. The van der Waals surface area contributed by atoms with E-state index in [0.29, 0.717) is 18.5 Å². The quantitative estimate of drug-likeness (QED) is 0.331. The second-order valence-corrected chi connectivity index (χ2v) is 8.68. The minimum absolute atomic E-state index is 0. The van der Waals surface area contributed by atoms with Gasteiger partial charge in [0.2, 0.25) is 5.89 Å². The molecule has 1 aliphatic rings. The van der Waals surface area contributed by atoms with E-state index in [4.69, 9.17) is 4.42 Å². The minimum atomic E-state index is -0.0375. The lowest BCUT2D eigenvalue weighted by atomic mass is 9.94. The summed E-state index contributed by atoms with van der Waals surface area (Å²) in [4.78, 5) is 11.1. The van der Waals surface area contributed by atoms with E-state index in [2.05, 4.69) is 80.4 Å². The molecule has 0 saturated carbocycles. The summed E-state index contributed by atoms with van der Waals surface area (Å²) in [5.74, 6) is 2.33. The summed E-state index contributed by atoms with van der Waals surface area (Å²) in [7, 11) is 1.78. The number of aromatic nitrogens is 1. The van der Waals surface area contributed by atoms with E-state index in [-0.39, 0.29) is 29.4 Å². The molecule has 0 spiro atoms. The van der Waals surface area contributed by atoms with Gasteiger partial charge in [-0.15, -0.1) is 24.0 Å². The van der Waals surface area contributed by atoms with Gasteiger partial charge in [-0.2, -0.15) is 0 Å². The fourth-order valence-corrected chi connectivity index (χ4v) is 3.63. The number of halogens is 2. The van der Waals surface area contributed by atoms with E-state index >= 15 is 0 Å². The summed E-state index contributed by atoms with van der Waals surface area (Å²) in [6.07, 6.45) is 2.87. The van der Waals surface area contributed by atoms with Crippen LogP contribution in [-0.4, -0.2) is 37.1 Å². The van der Waals surface area contributed by atoms with Crippen molar-refractivity contribution in [2.75, 3.05) is 25.0 Å². The number of nitrogens with zero attached hydrogens (tertiary/aromatic N) is 3. The number of guanidine groups is 1. The predicted octanol–water partition coefficient (Wildman–Crippen LogP) is 4.30. The molecule has 6 nitrogen and oxygen atoms in total. The summed E-state index contributed by atoms with van der Waals surface area (Å²) in [6, 6.07) is 8.69. The van der Waals surface area contributed by atoms with Crippen LogP contribution in [0.4, 0.5) is 5.69 Å². The summed E-state index contributed by atoms with van der Waals surface area (Å²) in [6.45, 7) is 8.81. The van der Waals surface area contributed by atoms with E-state index in [1.807, 2.05) is 6.07 Å². The Hall–Kier alpha value is -1.29. The Labute approximate surface area is 192 Å². The highest BCUT2D eigenvalue weighted by Crippen LogP contribution is 2.28. The molecule has 0 aliphatic carbocycles. The van der Waals surface area contributed by atoms with Gasteiger partial charge >= 0.3 is 0 Å². The van der Waals surface area contributed by atoms with Gasteiger partial charge in [-0.05, 0) is 34.5 Å². The van der Waals surface area contributed by atoms with Crippen molar-refractivity contribution >= 4 is 51.6 Å². The lowest BCUT2D eigenvalue weighted by molar-refractivity contribution is 0.379. The smallest absolute Gasteiger partial charge is 0.213 e. The molecule has 1 saturated heterocycles. The third-order valence-electron chi connectivity index (χ3n) is 4.65. The molecule has 3 rings (SSSR count). The second-order valence-electron chi connectivity index (χ2n) is 7.82. The van der Waals surface area contributed by atoms with Crippen molar-refractivity contribution in [2.45, 2.75) is 45.2 Å². The molecular weight excluding hydrogens is 533 g/mol. The summed E-state index contributed by atoms with van der Waals surface area (Å²) in [5, 5.41) is 6.80. The van der Waals surface area contributed by atoms with Crippen LogP contribution in [0.2, 0.25) is 0 Å². The normalized spacial score (nSPS) is 17.4. The van der Waals surface area contributed by atoms with Gasteiger partial charge in [0.1, 0.15) is 5.76 Å². The van der Waals surface area contributed by atoms with Crippen LogP contribution < -0.4 is 15.5 Å². The zero-order valence-electron chi connectivity index (χ0n) is 16.8. The molecule has 1 aromatic heterocycles. The molecule has 0 amide bonds. The largest absolute Gasteiger partial charge is 0.443 e. The van der Waals surface area contributed by atoms with Crippen molar-refractivity contribution in [1.29, 1.82) is 0 Å². The lowest BCUT2D eigenvalue weighted by Crippen LogP contribution is -2.44. The van der Waals surface area contributed by atoms with Crippen LogP contribution in [0.1, 0.15) is 38.8 Å². The number of para-hydroxylation sites is 1. The third kappa shape index (κ3) is 5.85. The Kier molecular flexibility index (Phi) is 8.18. The van der Waals surface area contributed by atoms with Gasteiger partial charge in [0.15, 0.2) is 5.96 Å². The minimum Gasteiger partial charge on any atom is -0.443 e. The fraction of sp³-hybridized carbons (Fsp3) is 0.500. The van der Waals surface area contributed by atoms with E-state index in [1.54, 1.807) is 13.2 Å². The molecule has 1 fully saturated rings. The SMILES string of the molecule is CN=C(NCc1ncc(C(C)(C)C)o1)NC1CCN(c2ccccc2Br)C1.I. The molecule has 1 unspecified atom stereocenters. The third-order valence-corrected chi connectivity index (χ3v) is 5.32. The van der Waals surface area contributed by atoms with Crippen molar-refractivity contribution in [3.63, 3.8) is 0 Å². The first-order valence-electron chi connectivity index (χ1n) is 9.28. The molecule has 1 aromatic carbocycles. The van der Waals surface area contributed by atoms with Gasteiger partial charge in [0.25, 0.3) is 0 Å². The van der Waals surface area contributed by atoms with Crippen LogP contribution in [-0.2, 0) is 12.0 Å². The van der Waals surface area contributed by atoms with Crippen LogP contribution in [0.5, 0.6) is 0 Å². The Morgan fingerprint density at radius 1 is 1.36 bits per heavy atom. The van der Waals surface area contributed by atoms with E-state index in [0.717, 1.165) is 35.7 Å². The van der Waals surface area contributed by atoms with Crippen molar-refractivity contribution in [3.05, 3.63) is 46.6 Å². The molecule has 28 heavy (non-hydrogen) atoms. The molecule has 2 N–H and O–H groups in total. The maximum atomic E-state index is 5.83. The van der Waals surface area contributed by atoms with Crippen LogP contribution in [0, 0.1) is 0 Å². The predicted molar refractivity (Wildman–Crippen MR) is 129 cm³/mol. The van der Waals surface area contributed by atoms with Crippen LogP contribution in [0.3, 0.4) is 0 Å². The molecule has 1 atom stereocenters. The molecule has 0 bridgehead atoms. The molecular formula is C20H29BrIN5O. The van der Waals surface area contributed by atoms with Crippen molar-refractivity contribution < 1.29 is 4.42 Å². The molecule has 2 heterocycles. The van der Waals surface area contributed by atoms with E-state index in [1.165, 1.54) is 5.69 Å². The highest BCUT2D eigenvalue weighted by atomic mass is 127. The van der Waals surface area contributed by atoms with Crippen molar-refractivity contribution in [2.24, 2.45) is 4.99 Å². The van der Waals surface area contributed by atoms with Crippen LogP contribution in [0.15, 0.2) is 44.3 Å². The van der Waals surface area contributed by atoms with Crippen molar-refractivity contribution in [1.82, 2.24) is 15.6 Å². The number of nitrogens with one attached hydrogen (secondary N) is 2. The molecule has 0 radical (unpaired) electrons. The molecule has 2 aromatic rings. The Morgan fingerprint density at radius 3 is 2.75 bits per heavy atom. The molecule has 8 heteroatoms.